The van der Waals surface area contributed by atoms with Crippen LogP contribution in [0.1, 0.15) is 31.9 Å². The van der Waals surface area contributed by atoms with Gasteiger partial charge in [-0.3, -0.25) is 0 Å². The van der Waals surface area contributed by atoms with Gasteiger partial charge in [-0.15, -0.1) is 0 Å². The first kappa shape index (κ1) is 18.6. The van der Waals surface area contributed by atoms with Gasteiger partial charge in [-0.2, -0.15) is 18.4 Å². The van der Waals surface area contributed by atoms with Crippen LogP contribution in [0.5, 0.6) is 0 Å². The Kier molecular flexibility index (Phi) is 5.85. The maximum atomic E-state index is 12.7. The van der Waals surface area contributed by atoms with Crippen LogP contribution in [0.15, 0.2) is 18.2 Å². The first-order valence-electron chi connectivity index (χ1n) is 6.85. The fourth-order valence-electron chi connectivity index (χ4n) is 1.64. The van der Waals surface area contributed by atoms with Gasteiger partial charge in [0.05, 0.1) is 16.8 Å². The van der Waals surface area contributed by atoms with E-state index in [0.29, 0.717) is 0 Å². The summed E-state index contributed by atoms with van der Waals surface area (Å²) in [6.07, 6.45) is -5.11. The summed E-state index contributed by atoms with van der Waals surface area (Å²) in [5.74, 6) is 0. The number of halogens is 3. The van der Waals surface area contributed by atoms with Gasteiger partial charge in [0.15, 0.2) is 0 Å². The lowest BCUT2D eigenvalue weighted by atomic mass is 10.1. The number of carbonyl (C=O) groups excluding carboxylic acids is 1. The largest absolute Gasteiger partial charge is 0.444 e. The van der Waals surface area contributed by atoms with Crippen LogP contribution in [0.25, 0.3) is 0 Å². The van der Waals surface area contributed by atoms with Gasteiger partial charge in [-0.05, 0) is 39.0 Å². The minimum absolute atomic E-state index is 0.0633. The summed E-state index contributed by atoms with van der Waals surface area (Å²) in [4.78, 5) is 11.4. The molecule has 0 aromatic heterocycles. The van der Waals surface area contributed by atoms with Crippen LogP contribution in [-0.2, 0) is 10.9 Å². The molecule has 0 unspecified atom stereocenters. The smallest absolute Gasteiger partial charge is 0.416 e. The first-order valence-corrected chi connectivity index (χ1v) is 6.85. The van der Waals surface area contributed by atoms with Crippen molar-refractivity contribution in [3.63, 3.8) is 0 Å². The molecule has 0 saturated heterocycles. The number of ether oxygens (including phenoxy) is 1. The quantitative estimate of drug-likeness (QED) is 0.829. The molecule has 1 rings (SSSR count). The minimum Gasteiger partial charge on any atom is -0.444 e. The molecule has 1 aromatic carbocycles. The summed E-state index contributed by atoms with van der Waals surface area (Å²) in [5, 5.41) is 14.1. The van der Waals surface area contributed by atoms with Gasteiger partial charge < -0.3 is 15.4 Å². The van der Waals surface area contributed by atoms with E-state index in [4.69, 9.17) is 10.00 Å². The average molecular weight is 329 g/mol. The highest BCUT2D eigenvalue weighted by molar-refractivity contribution is 5.67. The predicted molar refractivity (Wildman–Crippen MR) is 78.9 cm³/mol. The zero-order valence-electron chi connectivity index (χ0n) is 13.0. The lowest BCUT2D eigenvalue weighted by molar-refractivity contribution is -0.137. The maximum Gasteiger partial charge on any atom is 0.416 e. The molecule has 0 aliphatic heterocycles. The number of benzene rings is 1. The standard InChI is InChI=1S/C15H18F3N3O2/c1-14(2,3)23-13(22)21-7-6-20-12-8-11(15(16,17)18)5-4-10(12)9-19/h4-5,8,20H,6-7H2,1-3H3,(H,21,22). The van der Waals surface area contributed by atoms with E-state index in [0.717, 1.165) is 18.2 Å². The van der Waals surface area contributed by atoms with E-state index in [1.165, 1.54) is 0 Å². The van der Waals surface area contributed by atoms with Gasteiger partial charge in [-0.1, -0.05) is 0 Å². The molecule has 0 fully saturated rings. The van der Waals surface area contributed by atoms with Gasteiger partial charge in [0.1, 0.15) is 11.7 Å². The van der Waals surface area contributed by atoms with Crippen molar-refractivity contribution in [2.45, 2.75) is 32.5 Å². The monoisotopic (exact) mass is 329 g/mol. The van der Waals surface area contributed by atoms with Gasteiger partial charge >= 0.3 is 12.3 Å². The van der Waals surface area contributed by atoms with Crippen LogP contribution in [0.2, 0.25) is 0 Å². The molecule has 8 heteroatoms. The molecular formula is C15H18F3N3O2. The van der Waals surface area contributed by atoms with Crippen molar-refractivity contribution in [3.8, 4) is 6.07 Å². The highest BCUT2D eigenvalue weighted by Crippen LogP contribution is 2.31. The van der Waals surface area contributed by atoms with Crippen LogP contribution >= 0.6 is 0 Å². The lowest BCUT2D eigenvalue weighted by Gasteiger charge is -2.19. The zero-order valence-corrected chi connectivity index (χ0v) is 13.0. The third kappa shape index (κ3) is 6.46. The number of nitrogens with one attached hydrogen (secondary N) is 2. The van der Waals surface area contributed by atoms with E-state index in [9.17, 15) is 18.0 Å². The van der Waals surface area contributed by atoms with E-state index in [1.807, 2.05) is 6.07 Å². The van der Waals surface area contributed by atoms with Crippen molar-refractivity contribution < 1.29 is 22.7 Å². The molecule has 0 saturated carbocycles. The fraction of sp³-hybridized carbons (Fsp3) is 0.467. The zero-order chi connectivity index (χ0) is 17.7. The molecule has 0 radical (unpaired) electrons. The van der Waals surface area contributed by atoms with Crippen molar-refractivity contribution in [1.29, 1.82) is 5.26 Å². The molecule has 0 atom stereocenters. The molecule has 0 aliphatic carbocycles. The summed E-state index contributed by atoms with van der Waals surface area (Å²) in [7, 11) is 0. The van der Waals surface area contributed by atoms with Gasteiger partial charge in [0.25, 0.3) is 0 Å². The molecule has 1 aromatic rings. The number of amides is 1. The Morgan fingerprint density at radius 2 is 1.91 bits per heavy atom. The van der Waals surface area contributed by atoms with Crippen molar-refractivity contribution in [1.82, 2.24) is 5.32 Å². The second kappa shape index (κ2) is 7.22. The molecule has 0 aliphatic rings. The maximum absolute atomic E-state index is 12.7. The first-order chi connectivity index (χ1) is 10.5. The Hall–Kier alpha value is -2.43. The van der Waals surface area contributed by atoms with Gasteiger partial charge in [-0.25, -0.2) is 4.79 Å². The lowest BCUT2D eigenvalue weighted by Crippen LogP contribution is -2.35. The van der Waals surface area contributed by atoms with Crippen molar-refractivity contribution in [2.75, 3.05) is 18.4 Å². The Morgan fingerprint density at radius 3 is 2.43 bits per heavy atom. The normalized spacial score (nSPS) is 11.5. The number of hydrogen-bond acceptors (Lipinski definition) is 4. The van der Waals surface area contributed by atoms with E-state index in [-0.39, 0.29) is 24.3 Å². The van der Waals surface area contributed by atoms with Gasteiger partial charge in [0, 0.05) is 13.1 Å². The second-order valence-corrected chi connectivity index (χ2v) is 5.73. The molecule has 0 bridgehead atoms. The van der Waals surface area contributed by atoms with Crippen molar-refractivity contribution >= 4 is 11.8 Å². The van der Waals surface area contributed by atoms with E-state index >= 15 is 0 Å². The van der Waals surface area contributed by atoms with Crippen molar-refractivity contribution in [2.24, 2.45) is 0 Å². The van der Waals surface area contributed by atoms with Gasteiger partial charge in [0.2, 0.25) is 0 Å². The summed E-state index contributed by atoms with van der Waals surface area (Å²) in [5.41, 5.74) is -1.32. The van der Waals surface area contributed by atoms with Crippen LogP contribution in [0.3, 0.4) is 0 Å². The topological polar surface area (TPSA) is 74.2 Å². The Morgan fingerprint density at radius 1 is 1.26 bits per heavy atom. The SMILES string of the molecule is CC(C)(C)OC(=O)NCCNc1cc(C(F)(F)F)ccc1C#N. The van der Waals surface area contributed by atoms with E-state index in [1.54, 1.807) is 20.8 Å². The number of nitriles is 1. The molecule has 5 nitrogen and oxygen atoms in total. The Balaban J connectivity index is 2.61. The van der Waals surface area contributed by atoms with E-state index < -0.39 is 23.4 Å². The number of anilines is 1. The highest BCUT2D eigenvalue weighted by Gasteiger charge is 2.31. The summed E-state index contributed by atoms with van der Waals surface area (Å²) >= 11 is 0. The molecule has 1 amide bonds. The average Bonchev–Trinajstić information content (AvgIpc) is 2.40. The summed E-state index contributed by atoms with van der Waals surface area (Å²) in [6, 6.07) is 4.63. The highest BCUT2D eigenvalue weighted by atomic mass is 19.4. The molecular weight excluding hydrogens is 311 g/mol. The number of alkyl carbamates (subject to hydrolysis) is 1. The molecule has 23 heavy (non-hydrogen) atoms. The summed E-state index contributed by atoms with van der Waals surface area (Å²) in [6.45, 7) is 5.43. The number of alkyl halides is 3. The van der Waals surface area contributed by atoms with Crippen LogP contribution in [0, 0.1) is 11.3 Å². The molecule has 0 heterocycles. The second-order valence-electron chi connectivity index (χ2n) is 5.73. The number of rotatable bonds is 4. The Bertz CT molecular complexity index is 601. The van der Waals surface area contributed by atoms with Crippen LogP contribution in [0.4, 0.5) is 23.7 Å². The Labute approximate surface area is 132 Å². The third-order valence-corrected chi connectivity index (χ3v) is 2.58. The van der Waals surface area contributed by atoms with Crippen molar-refractivity contribution in [3.05, 3.63) is 29.3 Å². The van der Waals surface area contributed by atoms with Crippen LogP contribution in [-0.4, -0.2) is 24.8 Å². The number of carbonyl (C=O) groups is 1. The molecule has 0 spiro atoms. The molecule has 2 N–H and O–H groups in total. The summed E-state index contributed by atoms with van der Waals surface area (Å²) < 4.78 is 43.0. The number of hydrogen-bond donors (Lipinski definition) is 2. The fourth-order valence-corrected chi connectivity index (χ4v) is 1.64. The molecule has 126 valence electrons. The minimum atomic E-state index is -4.49. The third-order valence-electron chi connectivity index (χ3n) is 2.58. The van der Waals surface area contributed by atoms with Crippen LogP contribution < -0.4 is 10.6 Å². The number of nitrogens with zero attached hydrogens (tertiary/aromatic N) is 1. The van der Waals surface area contributed by atoms with E-state index in [2.05, 4.69) is 10.6 Å². The predicted octanol–water partition coefficient (Wildman–Crippen LogP) is 3.51.